The molecule has 6 nitrogen and oxygen atoms in total. The number of amides is 1. The van der Waals surface area contributed by atoms with Gasteiger partial charge in [0.2, 0.25) is 0 Å². The number of hydrogen-bond donors (Lipinski definition) is 3. The molecule has 80 valence electrons. The molecule has 0 spiro atoms. The van der Waals surface area contributed by atoms with Gasteiger partial charge in [0.25, 0.3) is 5.91 Å². The predicted molar refractivity (Wildman–Crippen MR) is 53.8 cm³/mol. The van der Waals surface area contributed by atoms with Crippen LogP contribution in [-0.4, -0.2) is 20.1 Å². The molecule has 2 rings (SSSR count). The summed E-state index contributed by atoms with van der Waals surface area (Å²) in [6, 6.07) is 3.32. The predicted octanol–water partition coefficient (Wildman–Crippen LogP) is 0.279. The van der Waals surface area contributed by atoms with E-state index in [1.54, 1.807) is 19.2 Å². The van der Waals surface area contributed by atoms with Crippen LogP contribution in [-0.2, 0) is 0 Å². The van der Waals surface area contributed by atoms with Gasteiger partial charge in [0.05, 0.1) is 25.5 Å². The van der Waals surface area contributed by atoms with Crippen LogP contribution in [0.1, 0.15) is 10.4 Å². The van der Waals surface area contributed by atoms with Crippen LogP contribution in [0, 0.1) is 0 Å². The van der Waals surface area contributed by atoms with Crippen molar-refractivity contribution in [3.8, 4) is 11.5 Å². The molecule has 1 aromatic rings. The fourth-order valence-electron chi connectivity index (χ4n) is 1.39. The molecule has 6 heteroatoms. The summed E-state index contributed by atoms with van der Waals surface area (Å²) in [5.41, 5.74) is 8.92. The first-order valence-electron chi connectivity index (χ1n) is 4.33. The first kappa shape index (κ1) is 9.60. The van der Waals surface area contributed by atoms with Crippen LogP contribution in [0.2, 0.25) is 0 Å². The highest BCUT2D eigenvalue weighted by atomic mass is 16.5. The van der Waals surface area contributed by atoms with E-state index in [2.05, 4.69) is 16.4 Å². The first-order valence-corrected chi connectivity index (χ1v) is 4.33. The first-order chi connectivity index (χ1) is 7.26. The maximum absolute atomic E-state index is 11.4. The molecule has 0 bridgehead atoms. The Kier molecular flexibility index (Phi) is 2.34. The topological polar surface area (TPSA) is 71.6 Å². The highest BCUT2D eigenvalue weighted by Gasteiger charge is 2.19. The number of fused-ring (bicyclic) bond motifs is 1. The van der Waals surface area contributed by atoms with Crippen molar-refractivity contribution in [1.29, 1.82) is 0 Å². The van der Waals surface area contributed by atoms with E-state index in [4.69, 9.17) is 9.47 Å². The Balaban J connectivity index is 2.53. The van der Waals surface area contributed by atoms with Crippen LogP contribution < -0.4 is 25.9 Å². The van der Waals surface area contributed by atoms with Crippen LogP contribution in [0.25, 0.3) is 0 Å². The summed E-state index contributed by atoms with van der Waals surface area (Å²) >= 11 is 0. The Morgan fingerprint density at radius 1 is 1.07 bits per heavy atom. The molecular formula is C9H11N3O3. The minimum Gasteiger partial charge on any atom is -0.493 e. The number of carbonyl (C=O) groups is 1. The molecule has 0 fully saturated rings. The van der Waals surface area contributed by atoms with E-state index in [1.165, 1.54) is 7.11 Å². The average Bonchev–Trinajstić information content (AvgIpc) is 2.28. The Bertz CT molecular complexity index is 406. The molecular weight excluding hydrogens is 198 g/mol. The summed E-state index contributed by atoms with van der Waals surface area (Å²) in [5, 5.41) is 0. The number of anilines is 1. The van der Waals surface area contributed by atoms with Crippen LogP contribution >= 0.6 is 0 Å². The highest BCUT2D eigenvalue weighted by molar-refractivity contribution is 6.01. The van der Waals surface area contributed by atoms with E-state index < -0.39 is 0 Å². The van der Waals surface area contributed by atoms with Gasteiger partial charge in [0.1, 0.15) is 0 Å². The second-order valence-electron chi connectivity index (χ2n) is 2.96. The molecule has 0 radical (unpaired) electrons. The third kappa shape index (κ3) is 1.55. The van der Waals surface area contributed by atoms with E-state index in [0.717, 1.165) is 0 Å². The summed E-state index contributed by atoms with van der Waals surface area (Å²) in [6.45, 7) is 0. The van der Waals surface area contributed by atoms with Crippen molar-refractivity contribution in [3.05, 3.63) is 17.7 Å². The molecule has 1 heterocycles. The van der Waals surface area contributed by atoms with Gasteiger partial charge in [-0.2, -0.15) is 0 Å². The van der Waals surface area contributed by atoms with Crippen molar-refractivity contribution in [2.24, 2.45) is 0 Å². The highest BCUT2D eigenvalue weighted by Crippen LogP contribution is 2.33. The third-order valence-corrected chi connectivity index (χ3v) is 2.14. The monoisotopic (exact) mass is 209 g/mol. The molecule has 0 unspecified atom stereocenters. The zero-order chi connectivity index (χ0) is 10.8. The van der Waals surface area contributed by atoms with Gasteiger partial charge in [-0.15, -0.1) is 5.53 Å². The zero-order valence-corrected chi connectivity index (χ0v) is 8.38. The van der Waals surface area contributed by atoms with E-state index in [1.807, 2.05) is 0 Å². The van der Waals surface area contributed by atoms with E-state index in [9.17, 15) is 4.79 Å². The van der Waals surface area contributed by atoms with Gasteiger partial charge in [0, 0.05) is 6.07 Å². The number of methoxy groups -OCH3 is 2. The standard InChI is InChI=1S/C9H11N3O3/c1-14-7-3-5-6(4-8(7)15-2)10-12-11-9(5)13/h3-4,10,12H,1-2H3,(H,11,13). The van der Waals surface area contributed by atoms with Crippen molar-refractivity contribution >= 4 is 11.6 Å². The number of benzene rings is 1. The van der Waals surface area contributed by atoms with Crippen molar-refractivity contribution in [3.63, 3.8) is 0 Å². The van der Waals surface area contributed by atoms with Crippen molar-refractivity contribution < 1.29 is 14.3 Å². The fourth-order valence-corrected chi connectivity index (χ4v) is 1.39. The minimum atomic E-state index is -0.218. The van der Waals surface area contributed by atoms with Crippen LogP contribution in [0.5, 0.6) is 11.5 Å². The average molecular weight is 209 g/mol. The number of hydrazine groups is 2. The quantitative estimate of drug-likeness (QED) is 0.652. The molecule has 3 N–H and O–H groups in total. The summed E-state index contributed by atoms with van der Waals surface area (Å²) in [4.78, 5) is 11.4. The molecule has 0 saturated carbocycles. The van der Waals surface area contributed by atoms with Gasteiger partial charge in [-0.3, -0.25) is 10.2 Å². The van der Waals surface area contributed by atoms with Gasteiger partial charge in [-0.1, -0.05) is 0 Å². The number of rotatable bonds is 2. The second kappa shape index (κ2) is 3.66. The number of hydrogen-bond acceptors (Lipinski definition) is 5. The maximum atomic E-state index is 11.4. The summed E-state index contributed by atoms with van der Waals surface area (Å²) in [7, 11) is 3.07. The molecule has 1 aliphatic rings. The summed E-state index contributed by atoms with van der Waals surface area (Å²) in [6.07, 6.45) is 0. The van der Waals surface area contributed by atoms with Crippen LogP contribution in [0.15, 0.2) is 12.1 Å². The normalized spacial score (nSPS) is 13.6. The van der Waals surface area contributed by atoms with Gasteiger partial charge in [-0.05, 0) is 6.07 Å². The fraction of sp³-hybridized carbons (Fsp3) is 0.222. The Morgan fingerprint density at radius 2 is 1.73 bits per heavy atom. The Hall–Kier alpha value is -1.95. The molecule has 15 heavy (non-hydrogen) atoms. The zero-order valence-electron chi connectivity index (χ0n) is 8.38. The maximum Gasteiger partial charge on any atom is 0.269 e. The van der Waals surface area contributed by atoms with Gasteiger partial charge in [0.15, 0.2) is 11.5 Å². The van der Waals surface area contributed by atoms with Gasteiger partial charge < -0.3 is 14.9 Å². The molecule has 0 aliphatic carbocycles. The summed E-state index contributed by atoms with van der Waals surface area (Å²) < 4.78 is 10.2. The molecule has 1 amide bonds. The lowest BCUT2D eigenvalue weighted by atomic mass is 10.1. The van der Waals surface area contributed by atoms with Crippen molar-refractivity contribution in [2.45, 2.75) is 0 Å². The molecule has 0 saturated heterocycles. The minimum absolute atomic E-state index is 0.218. The molecule has 0 aromatic heterocycles. The largest absolute Gasteiger partial charge is 0.493 e. The third-order valence-electron chi connectivity index (χ3n) is 2.14. The molecule has 1 aliphatic heterocycles. The van der Waals surface area contributed by atoms with Crippen LogP contribution in [0.4, 0.5) is 5.69 Å². The SMILES string of the molecule is COc1cc2c(cc1OC)C(=O)NNN2. The van der Waals surface area contributed by atoms with Crippen LogP contribution in [0.3, 0.4) is 0 Å². The molecule has 0 atom stereocenters. The summed E-state index contributed by atoms with van der Waals surface area (Å²) in [5.74, 6) is 0.875. The molecule has 1 aromatic carbocycles. The number of ether oxygens (including phenoxy) is 2. The Morgan fingerprint density at radius 3 is 2.40 bits per heavy atom. The van der Waals surface area contributed by atoms with E-state index >= 15 is 0 Å². The van der Waals surface area contributed by atoms with Gasteiger partial charge in [-0.25, -0.2) is 0 Å². The van der Waals surface area contributed by atoms with Crippen molar-refractivity contribution in [1.82, 2.24) is 11.0 Å². The van der Waals surface area contributed by atoms with Crippen molar-refractivity contribution in [2.75, 3.05) is 19.6 Å². The van der Waals surface area contributed by atoms with E-state index in [0.29, 0.717) is 22.7 Å². The lowest BCUT2D eigenvalue weighted by Crippen LogP contribution is -2.45. The van der Waals surface area contributed by atoms with E-state index in [-0.39, 0.29) is 5.91 Å². The number of nitrogens with one attached hydrogen (secondary N) is 3. The Labute approximate surface area is 86.5 Å². The lowest BCUT2D eigenvalue weighted by molar-refractivity contribution is 0.0931. The lowest BCUT2D eigenvalue weighted by Gasteiger charge is -2.20. The van der Waals surface area contributed by atoms with Gasteiger partial charge >= 0.3 is 0 Å². The number of carbonyl (C=O) groups excluding carboxylic acids is 1. The smallest absolute Gasteiger partial charge is 0.269 e. The second-order valence-corrected chi connectivity index (χ2v) is 2.96.